The van der Waals surface area contributed by atoms with Gasteiger partial charge >= 0.3 is 0 Å². The van der Waals surface area contributed by atoms with E-state index in [1.165, 1.54) is 36.0 Å². The van der Waals surface area contributed by atoms with Crippen molar-refractivity contribution in [3.63, 3.8) is 0 Å². The molecule has 0 aliphatic carbocycles. The van der Waals surface area contributed by atoms with Gasteiger partial charge in [-0.15, -0.1) is 0 Å². The highest BCUT2D eigenvalue weighted by molar-refractivity contribution is 5.38. The number of aryl methyl sites for hydroxylation is 2. The van der Waals surface area contributed by atoms with Crippen LogP contribution in [-0.4, -0.2) is 19.2 Å². The van der Waals surface area contributed by atoms with Gasteiger partial charge in [-0.25, -0.2) is 0 Å². The van der Waals surface area contributed by atoms with Gasteiger partial charge in [-0.2, -0.15) is 0 Å². The molecule has 0 spiro atoms. The monoisotopic (exact) mass is 231 g/mol. The van der Waals surface area contributed by atoms with Crippen LogP contribution in [0.5, 0.6) is 0 Å². The summed E-state index contributed by atoms with van der Waals surface area (Å²) in [6.07, 6.45) is 5.13. The first kappa shape index (κ1) is 11.2. The summed E-state index contributed by atoms with van der Waals surface area (Å²) in [7, 11) is 0. The molecule has 0 radical (unpaired) electrons. The fraction of sp³-hybridized carbons (Fsp3) is 0.600. The quantitative estimate of drug-likeness (QED) is 0.802. The topological polar surface area (TPSA) is 21.3 Å². The van der Waals surface area contributed by atoms with E-state index in [1.807, 2.05) is 0 Å². The summed E-state index contributed by atoms with van der Waals surface area (Å²) in [4.78, 5) is 0. The summed E-state index contributed by atoms with van der Waals surface area (Å²) in [6.45, 7) is 4.26. The van der Waals surface area contributed by atoms with E-state index in [0.717, 1.165) is 19.6 Å². The number of nitrogens with one attached hydrogen (secondary N) is 1. The van der Waals surface area contributed by atoms with Crippen molar-refractivity contribution in [1.82, 2.24) is 5.32 Å². The first-order valence-corrected chi connectivity index (χ1v) is 6.79. The molecule has 0 aromatic heterocycles. The average Bonchev–Trinajstić information content (AvgIpc) is 2.76. The van der Waals surface area contributed by atoms with Crippen LogP contribution in [0.2, 0.25) is 0 Å². The number of hydrogen-bond acceptors (Lipinski definition) is 2. The van der Waals surface area contributed by atoms with Crippen molar-refractivity contribution >= 4 is 0 Å². The number of hydrogen-bond donors (Lipinski definition) is 1. The van der Waals surface area contributed by atoms with Crippen molar-refractivity contribution in [3.8, 4) is 0 Å². The van der Waals surface area contributed by atoms with Crippen molar-refractivity contribution < 1.29 is 4.74 Å². The first-order chi connectivity index (χ1) is 8.36. The molecular weight excluding hydrogens is 210 g/mol. The van der Waals surface area contributed by atoms with Crippen molar-refractivity contribution in [2.45, 2.75) is 44.8 Å². The Morgan fingerprint density at radius 3 is 3.06 bits per heavy atom. The van der Waals surface area contributed by atoms with Crippen molar-refractivity contribution in [2.75, 3.05) is 13.2 Å². The molecule has 2 aliphatic heterocycles. The second-order valence-electron chi connectivity index (χ2n) is 5.25. The molecule has 1 aromatic carbocycles. The van der Waals surface area contributed by atoms with Crippen molar-refractivity contribution in [2.24, 2.45) is 0 Å². The second kappa shape index (κ2) is 4.79. The van der Waals surface area contributed by atoms with Gasteiger partial charge in [-0.3, -0.25) is 0 Å². The molecule has 1 N–H and O–H groups in total. The smallest absolute Gasteiger partial charge is 0.0982 e. The van der Waals surface area contributed by atoms with Crippen LogP contribution < -0.4 is 5.32 Å². The molecule has 2 heterocycles. The average molecular weight is 231 g/mol. The molecule has 0 unspecified atom stereocenters. The van der Waals surface area contributed by atoms with Crippen LogP contribution in [0, 0.1) is 6.92 Å². The fourth-order valence-corrected chi connectivity index (χ4v) is 3.21. The van der Waals surface area contributed by atoms with E-state index in [1.54, 1.807) is 0 Å². The van der Waals surface area contributed by atoms with Gasteiger partial charge in [0.25, 0.3) is 0 Å². The molecule has 2 nitrogen and oxygen atoms in total. The fourth-order valence-electron chi connectivity index (χ4n) is 3.21. The molecule has 1 saturated heterocycles. The minimum absolute atomic E-state index is 0.274. The lowest BCUT2D eigenvalue weighted by Crippen LogP contribution is -2.31. The lowest BCUT2D eigenvalue weighted by atomic mass is 9.91. The van der Waals surface area contributed by atoms with Crippen molar-refractivity contribution in [3.05, 3.63) is 34.9 Å². The molecule has 0 bridgehead atoms. The van der Waals surface area contributed by atoms with Gasteiger partial charge < -0.3 is 10.1 Å². The van der Waals surface area contributed by atoms with E-state index in [9.17, 15) is 0 Å². The normalized spacial score (nSPS) is 28.8. The van der Waals surface area contributed by atoms with E-state index in [0.29, 0.717) is 6.04 Å². The molecule has 92 valence electrons. The molecule has 0 saturated carbocycles. The summed E-state index contributed by atoms with van der Waals surface area (Å²) >= 11 is 0. The molecule has 3 rings (SSSR count). The van der Waals surface area contributed by atoms with Gasteiger partial charge in [0, 0.05) is 12.6 Å². The Kier molecular flexibility index (Phi) is 3.17. The zero-order valence-corrected chi connectivity index (χ0v) is 10.5. The highest BCUT2D eigenvalue weighted by Crippen LogP contribution is 2.34. The Morgan fingerprint density at radius 2 is 2.24 bits per heavy atom. The van der Waals surface area contributed by atoms with Gasteiger partial charge in [0.15, 0.2) is 0 Å². The minimum atomic E-state index is 0.274. The van der Waals surface area contributed by atoms with Crippen LogP contribution in [0.15, 0.2) is 18.2 Å². The molecular formula is C15H21NO. The van der Waals surface area contributed by atoms with Gasteiger partial charge in [0.2, 0.25) is 0 Å². The lowest BCUT2D eigenvalue weighted by Gasteiger charge is -2.26. The van der Waals surface area contributed by atoms with Crippen LogP contribution in [-0.2, 0) is 11.2 Å². The second-order valence-corrected chi connectivity index (χ2v) is 5.25. The van der Waals surface area contributed by atoms with Gasteiger partial charge in [0.05, 0.1) is 6.10 Å². The van der Waals surface area contributed by atoms with Crippen LogP contribution in [0.3, 0.4) is 0 Å². The Morgan fingerprint density at radius 1 is 1.29 bits per heavy atom. The number of benzene rings is 1. The summed E-state index contributed by atoms with van der Waals surface area (Å²) in [6, 6.07) is 7.19. The zero-order valence-electron chi connectivity index (χ0n) is 10.5. The molecule has 17 heavy (non-hydrogen) atoms. The molecule has 2 aliphatic rings. The Labute approximate surface area is 103 Å². The molecule has 0 amide bonds. The van der Waals surface area contributed by atoms with Crippen LogP contribution in [0.25, 0.3) is 0 Å². The van der Waals surface area contributed by atoms with E-state index in [4.69, 9.17) is 4.74 Å². The third kappa shape index (κ3) is 2.12. The summed E-state index contributed by atoms with van der Waals surface area (Å²) in [5.41, 5.74) is 4.36. The third-order valence-electron chi connectivity index (χ3n) is 4.05. The number of rotatable bonds is 1. The Bertz CT molecular complexity index is 396. The molecule has 1 aromatic rings. The standard InChI is InChI=1S/C15H21NO/c1-11-5-2-6-12-7-4-10-17-15(14(11)12)13-8-3-9-16-13/h2,5-6,13,15-16H,3-4,7-10H2,1H3/t13-,15-/m0/s1. The van der Waals surface area contributed by atoms with Gasteiger partial charge in [-0.1, -0.05) is 18.2 Å². The summed E-state index contributed by atoms with van der Waals surface area (Å²) in [5.74, 6) is 0. The lowest BCUT2D eigenvalue weighted by molar-refractivity contribution is 0.0330. The third-order valence-corrected chi connectivity index (χ3v) is 4.05. The highest BCUT2D eigenvalue weighted by Gasteiger charge is 2.30. The zero-order chi connectivity index (χ0) is 11.7. The van der Waals surface area contributed by atoms with Crippen molar-refractivity contribution in [1.29, 1.82) is 0 Å². The predicted molar refractivity (Wildman–Crippen MR) is 69.2 cm³/mol. The van der Waals surface area contributed by atoms with E-state index < -0.39 is 0 Å². The number of fused-ring (bicyclic) bond motifs is 1. The van der Waals surface area contributed by atoms with E-state index in [2.05, 4.69) is 30.4 Å². The Balaban J connectivity index is 1.99. The van der Waals surface area contributed by atoms with Crippen LogP contribution in [0.1, 0.15) is 42.1 Å². The van der Waals surface area contributed by atoms with Crippen LogP contribution in [0.4, 0.5) is 0 Å². The molecule has 1 fully saturated rings. The van der Waals surface area contributed by atoms with E-state index in [-0.39, 0.29) is 6.10 Å². The minimum Gasteiger partial charge on any atom is -0.372 e. The maximum absolute atomic E-state index is 6.13. The SMILES string of the molecule is Cc1cccc2c1[C@H]([C@@H]1CCCN1)OCCC2. The summed E-state index contributed by atoms with van der Waals surface area (Å²) in [5, 5.41) is 3.60. The molecule has 2 heteroatoms. The Hall–Kier alpha value is -0.860. The maximum atomic E-state index is 6.13. The van der Waals surface area contributed by atoms with Crippen LogP contribution >= 0.6 is 0 Å². The van der Waals surface area contributed by atoms with E-state index >= 15 is 0 Å². The summed E-state index contributed by atoms with van der Waals surface area (Å²) < 4.78 is 6.13. The highest BCUT2D eigenvalue weighted by atomic mass is 16.5. The first-order valence-electron chi connectivity index (χ1n) is 6.79. The van der Waals surface area contributed by atoms with Gasteiger partial charge in [-0.05, 0) is 55.8 Å². The predicted octanol–water partition coefficient (Wildman–Crippen LogP) is 2.75. The number of ether oxygens (including phenoxy) is 1. The molecule has 2 atom stereocenters. The maximum Gasteiger partial charge on any atom is 0.0982 e. The van der Waals surface area contributed by atoms with Gasteiger partial charge in [0.1, 0.15) is 0 Å². The largest absolute Gasteiger partial charge is 0.372 e.